The Bertz CT molecular complexity index is 946. The van der Waals surface area contributed by atoms with Crippen molar-refractivity contribution >= 4 is 51.8 Å². The van der Waals surface area contributed by atoms with Crippen molar-refractivity contribution in [3.63, 3.8) is 0 Å². The first kappa shape index (κ1) is 22.4. The zero-order chi connectivity index (χ0) is 21.7. The summed E-state index contributed by atoms with van der Waals surface area (Å²) in [6, 6.07) is 6.20. The van der Waals surface area contributed by atoms with Gasteiger partial charge in [-0.05, 0) is 38.5 Å². The van der Waals surface area contributed by atoms with Crippen molar-refractivity contribution in [1.82, 2.24) is 20.8 Å². The molecule has 0 bridgehead atoms. The zero-order valence-corrected chi connectivity index (χ0v) is 19.1. The van der Waals surface area contributed by atoms with Crippen molar-refractivity contribution in [1.29, 1.82) is 0 Å². The number of thioether (sulfide) groups is 1. The van der Waals surface area contributed by atoms with Gasteiger partial charge >= 0.3 is 12.0 Å². The summed E-state index contributed by atoms with van der Waals surface area (Å²) in [5, 5.41) is 18.3. The number of nitrogens with one attached hydrogen (secondary N) is 3. The Kier molecular flexibility index (Phi) is 7.57. The highest BCUT2D eigenvalue weighted by molar-refractivity contribution is 8.01. The Labute approximate surface area is 187 Å². The Hall–Kier alpha value is -2.30. The van der Waals surface area contributed by atoms with E-state index in [0.29, 0.717) is 22.0 Å². The summed E-state index contributed by atoms with van der Waals surface area (Å²) < 4.78 is 5.99. The van der Waals surface area contributed by atoms with E-state index in [2.05, 4.69) is 26.1 Å². The van der Waals surface area contributed by atoms with E-state index in [4.69, 9.17) is 16.3 Å². The molecular formula is C19H22ClN5O3S2. The number of esters is 1. The minimum Gasteiger partial charge on any atom is -0.463 e. The molecule has 0 radical (unpaired) electrons. The van der Waals surface area contributed by atoms with Crippen molar-refractivity contribution in [2.24, 2.45) is 0 Å². The van der Waals surface area contributed by atoms with Crippen LogP contribution in [0.15, 0.2) is 39.9 Å². The molecule has 2 amide bonds. The largest absolute Gasteiger partial charge is 0.463 e. The molecule has 30 heavy (non-hydrogen) atoms. The van der Waals surface area contributed by atoms with Crippen LogP contribution < -0.4 is 16.0 Å². The molecule has 3 rings (SSSR count). The number of amides is 2. The number of hydrogen-bond acceptors (Lipinski definition) is 8. The monoisotopic (exact) mass is 467 g/mol. The first-order chi connectivity index (χ1) is 14.4. The Morgan fingerprint density at radius 3 is 2.73 bits per heavy atom. The normalized spacial score (nSPS) is 16.3. The van der Waals surface area contributed by atoms with Gasteiger partial charge in [-0.2, -0.15) is 0 Å². The van der Waals surface area contributed by atoms with Gasteiger partial charge in [-0.1, -0.05) is 46.8 Å². The SMILES string of the molecule is CCOC(=O)C1=C(CSc2nnc(NC(C)C)s2)NC(=O)NC1c1ccc(Cl)cc1. The second kappa shape index (κ2) is 10.1. The van der Waals surface area contributed by atoms with Gasteiger partial charge in [0.2, 0.25) is 5.13 Å². The molecule has 0 fully saturated rings. The van der Waals surface area contributed by atoms with Crippen molar-refractivity contribution in [2.45, 2.75) is 37.2 Å². The average molecular weight is 468 g/mol. The molecule has 0 aliphatic carbocycles. The number of aromatic nitrogens is 2. The van der Waals surface area contributed by atoms with Gasteiger partial charge in [0.25, 0.3) is 0 Å². The topological polar surface area (TPSA) is 105 Å². The van der Waals surface area contributed by atoms with Gasteiger partial charge in [-0.15, -0.1) is 10.2 Å². The average Bonchev–Trinajstić information content (AvgIpc) is 3.13. The molecule has 1 atom stereocenters. The maximum Gasteiger partial charge on any atom is 0.338 e. The molecule has 0 saturated carbocycles. The first-order valence-electron chi connectivity index (χ1n) is 9.33. The third kappa shape index (κ3) is 5.65. The third-order valence-corrected chi connectivity index (χ3v) is 6.28. The number of carbonyl (C=O) groups is 2. The van der Waals surface area contributed by atoms with Crippen LogP contribution >= 0.6 is 34.7 Å². The van der Waals surface area contributed by atoms with Gasteiger partial charge in [0.05, 0.1) is 18.2 Å². The lowest BCUT2D eigenvalue weighted by molar-refractivity contribution is -0.139. The highest BCUT2D eigenvalue weighted by atomic mass is 35.5. The lowest BCUT2D eigenvalue weighted by Crippen LogP contribution is -2.46. The predicted molar refractivity (Wildman–Crippen MR) is 119 cm³/mol. The van der Waals surface area contributed by atoms with Crippen LogP contribution in [-0.4, -0.2) is 40.6 Å². The van der Waals surface area contributed by atoms with Crippen LogP contribution in [0.3, 0.4) is 0 Å². The van der Waals surface area contributed by atoms with Gasteiger partial charge in [-0.3, -0.25) is 0 Å². The van der Waals surface area contributed by atoms with E-state index < -0.39 is 18.0 Å². The molecular weight excluding hydrogens is 446 g/mol. The molecule has 1 aliphatic heterocycles. The van der Waals surface area contributed by atoms with Crippen molar-refractivity contribution < 1.29 is 14.3 Å². The first-order valence-corrected chi connectivity index (χ1v) is 11.5. The number of halogens is 1. The Morgan fingerprint density at radius 2 is 2.07 bits per heavy atom. The molecule has 2 aromatic rings. The van der Waals surface area contributed by atoms with E-state index in [1.807, 2.05) is 13.8 Å². The number of nitrogens with zero attached hydrogens (tertiary/aromatic N) is 2. The van der Waals surface area contributed by atoms with Crippen LogP contribution in [0.5, 0.6) is 0 Å². The smallest absolute Gasteiger partial charge is 0.338 e. The van der Waals surface area contributed by atoms with Crippen molar-refractivity contribution in [3.05, 3.63) is 46.1 Å². The number of benzene rings is 1. The molecule has 0 spiro atoms. The summed E-state index contributed by atoms with van der Waals surface area (Å²) >= 11 is 8.79. The summed E-state index contributed by atoms with van der Waals surface area (Å²) in [4.78, 5) is 25.1. The van der Waals surface area contributed by atoms with Gasteiger partial charge in [-0.25, -0.2) is 9.59 Å². The number of carbonyl (C=O) groups excluding carboxylic acids is 2. The van der Waals surface area contributed by atoms with E-state index in [-0.39, 0.29) is 12.6 Å². The summed E-state index contributed by atoms with van der Waals surface area (Å²) in [6.45, 7) is 6.01. The Morgan fingerprint density at radius 1 is 1.33 bits per heavy atom. The van der Waals surface area contributed by atoms with Crippen molar-refractivity contribution in [3.8, 4) is 0 Å². The second-order valence-corrected chi connectivity index (χ2v) is 9.29. The number of rotatable bonds is 8. The summed E-state index contributed by atoms with van der Waals surface area (Å²) in [7, 11) is 0. The van der Waals surface area contributed by atoms with Crippen molar-refractivity contribution in [2.75, 3.05) is 17.7 Å². The van der Waals surface area contributed by atoms with Crippen LogP contribution in [0.25, 0.3) is 0 Å². The van der Waals surface area contributed by atoms with Gasteiger partial charge < -0.3 is 20.7 Å². The van der Waals surface area contributed by atoms with Crippen LogP contribution in [-0.2, 0) is 9.53 Å². The van der Waals surface area contributed by atoms with Crippen LogP contribution in [0.4, 0.5) is 9.93 Å². The maximum absolute atomic E-state index is 12.8. The molecule has 1 aromatic carbocycles. The molecule has 1 aliphatic rings. The molecule has 1 unspecified atom stereocenters. The minimum absolute atomic E-state index is 0.227. The summed E-state index contributed by atoms with van der Waals surface area (Å²) in [5.41, 5.74) is 1.58. The lowest BCUT2D eigenvalue weighted by atomic mass is 9.95. The maximum atomic E-state index is 12.8. The standard InChI is InChI=1S/C19H22ClN5O3S2/c1-4-28-16(26)14-13(9-29-19-25-24-18(30-19)21-10(2)3)22-17(27)23-15(14)11-5-7-12(20)8-6-11/h5-8,10,15H,4,9H2,1-3H3,(H,21,24)(H2,22,23,27). The quantitative estimate of drug-likeness (QED) is 0.398. The molecule has 1 aromatic heterocycles. The predicted octanol–water partition coefficient (Wildman–Crippen LogP) is 3.98. The fourth-order valence-corrected chi connectivity index (χ4v) is 4.79. The fraction of sp³-hybridized carbons (Fsp3) is 0.368. The third-order valence-electron chi connectivity index (χ3n) is 4.01. The summed E-state index contributed by atoms with van der Waals surface area (Å²) in [5.74, 6) is -0.151. The highest BCUT2D eigenvalue weighted by Crippen LogP contribution is 2.32. The van der Waals surface area contributed by atoms with Crippen LogP contribution in [0, 0.1) is 0 Å². The highest BCUT2D eigenvalue weighted by Gasteiger charge is 2.33. The van der Waals surface area contributed by atoms with Gasteiger partial charge in [0.15, 0.2) is 4.34 Å². The van der Waals surface area contributed by atoms with E-state index in [1.54, 1.807) is 31.2 Å². The van der Waals surface area contributed by atoms with E-state index in [0.717, 1.165) is 15.0 Å². The summed E-state index contributed by atoms with van der Waals surface area (Å²) in [6.07, 6.45) is 0. The Balaban J connectivity index is 1.88. The number of urea groups is 1. The molecule has 160 valence electrons. The van der Waals surface area contributed by atoms with E-state index in [1.165, 1.54) is 23.1 Å². The van der Waals surface area contributed by atoms with E-state index >= 15 is 0 Å². The van der Waals surface area contributed by atoms with E-state index in [9.17, 15) is 9.59 Å². The second-order valence-electron chi connectivity index (χ2n) is 6.66. The molecule has 0 saturated heterocycles. The molecule has 8 nitrogen and oxygen atoms in total. The minimum atomic E-state index is -0.641. The number of anilines is 1. The molecule has 3 N–H and O–H groups in total. The number of hydrogen-bond donors (Lipinski definition) is 3. The number of ether oxygens (including phenoxy) is 1. The molecule has 2 heterocycles. The molecule has 11 heteroatoms. The van der Waals surface area contributed by atoms with Gasteiger partial charge in [0, 0.05) is 22.5 Å². The lowest BCUT2D eigenvalue weighted by Gasteiger charge is -2.29. The zero-order valence-electron chi connectivity index (χ0n) is 16.7. The van der Waals surface area contributed by atoms with Crippen LogP contribution in [0.2, 0.25) is 5.02 Å². The van der Waals surface area contributed by atoms with Crippen LogP contribution in [0.1, 0.15) is 32.4 Å². The van der Waals surface area contributed by atoms with Gasteiger partial charge in [0.1, 0.15) is 0 Å². The fourth-order valence-electron chi connectivity index (χ4n) is 2.79.